The monoisotopic (exact) mass is 473 g/mol. The summed E-state index contributed by atoms with van der Waals surface area (Å²) in [5.74, 6) is 0. The minimum atomic E-state index is 1.18. The maximum atomic E-state index is 2.39. The summed E-state index contributed by atoms with van der Waals surface area (Å²) in [5, 5.41) is 0. The lowest BCUT2D eigenvalue weighted by Gasteiger charge is -2.04. The van der Waals surface area contributed by atoms with E-state index in [-0.39, 0.29) is 0 Å². The fraction of sp³-hybridized carbons (Fsp3) is 0.882. The van der Waals surface area contributed by atoms with Crippen molar-refractivity contribution in [2.45, 2.75) is 193 Å². The van der Waals surface area contributed by atoms with Crippen molar-refractivity contribution in [3.05, 3.63) is 23.8 Å². The number of allylic oxidation sites excluding steroid dienone is 4. The van der Waals surface area contributed by atoms with E-state index in [4.69, 9.17) is 0 Å². The highest BCUT2D eigenvalue weighted by Crippen LogP contribution is 2.18. The first-order valence-corrected chi connectivity index (χ1v) is 16.3. The molecule has 1 rings (SSSR count). The van der Waals surface area contributed by atoms with Gasteiger partial charge in [-0.3, -0.25) is 0 Å². The molecule has 0 aromatic heterocycles. The standard InChI is InChI=1S/C34H64/c1-2-3-4-5-6-7-8-9-10-11-12-13-14-15-16-17-18-19-20-21-22-23-24-25-26-27-28-31-34-32-29-30-33-34/h29,32-33H,2-28,30-31H2,1H3. The lowest BCUT2D eigenvalue weighted by Crippen LogP contribution is -1.85. The number of unbranched alkanes of at least 4 members (excludes halogenated alkanes) is 26. The molecule has 0 N–H and O–H groups in total. The number of rotatable bonds is 28. The van der Waals surface area contributed by atoms with Gasteiger partial charge in [0.25, 0.3) is 0 Å². The van der Waals surface area contributed by atoms with Crippen LogP contribution >= 0.6 is 0 Å². The third kappa shape index (κ3) is 23.2. The van der Waals surface area contributed by atoms with Crippen molar-refractivity contribution in [1.29, 1.82) is 0 Å². The molecule has 1 aliphatic carbocycles. The quantitative estimate of drug-likeness (QED) is 0.0993. The zero-order valence-corrected chi connectivity index (χ0v) is 23.7. The molecule has 0 bridgehead atoms. The number of hydrogen-bond donors (Lipinski definition) is 0. The Labute approximate surface area is 216 Å². The molecule has 200 valence electrons. The first kappa shape index (κ1) is 31.5. The minimum Gasteiger partial charge on any atom is -0.0805 e. The second-order valence-corrected chi connectivity index (χ2v) is 11.4. The van der Waals surface area contributed by atoms with Crippen molar-refractivity contribution in [3.63, 3.8) is 0 Å². The van der Waals surface area contributed by atoms with Crippen LogP contribution in [0, 0.1) is 0 Å². The van der Waals surface area contributed by atoms with Crippen molar-refractivity contribution < 1.29 is 0 Å². The summed E-state index contributed by atoms with van der Waals surface area (Å²) in [4.78, 5) is 0. The Bertz CT molecular complexity index is 443. The third-order valence-corrected chi connectivity index (χ3v) is 7.92. The van der Waals surface area contributed by atoms with Gasteiger partial charge in [-0.2, -0.15) is 0 Å². The lowest BCUT2D eigenvalue weighted by atomic mass is 10.0. The summed E-state index contributed by atoms with van der Waals surface area (Å²) in [7, 11) is 0. The van der Waals surface area contributed by atoms with Crippen LogP contribution < -0.4 is 0 Å². The molecular formula is C34H64. The second kappa shape index (κ2) is 27.1. The van der Waals surface area contributed by atoms with Crippen LogP contribution in [0.5, 0.6) is 0 Å². The Kier molecular flexibility index (Phi) is 25.1. The summed E-state index contributed by atoms with van der Waals surface area (Å²) in [6.45, 7) is 2.31. The lowest BCUT2D eigenvalue weighted by molar-refractivity contribution is 0.514. The van der Waals surface area contributed by atoms with Crippen molar-refractivity contribution in [1.82, 2.24) is 0 Å². The fourth-order valence-electron chi connectivity index (χ4n) is 5.51. The van der Waals surface area contributed by atoms with E-state index in [9.17, 15) is 0 Å². The van der Waals surface area contributed by atoms with Gasteiger partial charge in [-0.1, -0.05) is 198 Å². The van der Waals surface area contributed by atoms with Gasteiger partial charge >= 0.3 is 0 Å². The maximum Gasteiger partial charge on any atom is -0.0160 e. The van der Waals surface area contributed by atoms with Gasteiger partial charge in [-0.05, 0) is 19.3 Å². The van der Waals surface area contributed by atoms with Crippen LogP contribution in [0.2, 0.25) is 0 Å². The van der Waals surface area contributed by atoms with Crippen LogP contribution in [0.4, 0.5) is 0 Å². The summed E-state index contributed by atoms with van der Waals surface area (Å²) in [6.07, 6.45) is 49.3. The molecule has 0 saturated heterocycles. The predicted octanol–water partition coefficient (Wildman–Crippen LogP) is 12.8. The second-order valence-electron chi connectivity index (χ2n) is 11.4. The van der Waals surface area contributed by atoms with Crippen molar-refractivity contribution in [2.24, 2.45) is 0 Å². The smallest absolute Gasteiger partial charge is 0.0160 e. The molecule has 1 aliphatic rings. The van der Waals surface area contributed by atoms with Gasteiger partial charge in [0, 0.05) is 0 Å². The van der Waals surface area contributed by atoms with Gasteiger partial charge in [0.05, 0.1) is 0 Å². The van der Waals surface area contributed by atoms with Gasteiger partial charge in [-0.25, -0.2) is 0 Å². The van der Waals surface area contributed by atoms with E-state index in [1.54, 1.807) is 5.57 Å². The molecule has 0 heteroatoms. The summed E-state index contributed by atoms with van der Waals surface area (Å²) in [5.41, 5.74) is 1.58. The first-order chi connectivity index (χ1) is 16.9. The van der Waals surface area contributed by atoms with Crippen LogP contribution in [-0.2, 0) is 0 Å². The maximum absolute atomic E-state index is 2.39. The third-order valence-electron chi connectivity index (χ3n) is 7.92. The summed E-state index contributed by atoms with van der Waals surface area (Å²) >= 11 is 0. The molecule has 0 fully saturated rings. The predicted molar refractivity (Wildman–Crippen MR) is 157 cm³/mol. The van der Waals surface area contributed by atoms with Crippen LogP contribution in [0.15, 0.2) is 23.8 Å². The molecular weight excluding hydrogens is 408 g/mol. The Morgan fingerprint density at radius 2 is 0.706 bits per heavy atom. The van der Waals surface area contributed by atoms with E-state index in [2.05, 4.69) is 25.2 Å². The highest BCUT2D eigenvalue weighted by molar-refractivity contribution is 5.25. The molecule has 0 nitrogen and oxygen atoms in total. The average molecular weight is 473 g/mol. The molecule has 0 amide bonds. The molecule has 34 heavy (non-hydrogen) atoms. The van der Waals surface area contributed by atoms with Gasteiger partial charge in [0.15, 0.2) is 0 Å². The highest BCUT2D eigenvalue weighted by Gasteiger charge is 1.99. The van der Waals surface area contributed by atoms with E-state index in [0.717, 1.165) is 0 Å². The van der Waals surface area contributed by atoms with Gasteiger partial charge in [0.1, 0.15) is 0 Å². The molecule has 0 spiro atoms. The molecule has 0 aromatic rings. The molecule has 0 aliphatic heterocycles. The highest BCUT2D eigenvalue weighted by atomic mass is 14.0. The molecule has 0 heterocycles. The van der Waals surface area contributed by atoms with Crippen LogP contribution in [0.1, 0.15) is 193 Å². The Balaban J connectivity index is 1.61. The van der Waals surface area contributed by atoms with Crippen molar-refractivity contribution >= 4 is 0 Å². The van der Waals surface area contributed by atoms with E-state index < -0.39 is 0 Å². The summed E-state index contributed by atoms with van der Waals surface area (Å²) < 4.78 is 0. The van der Waals surface area contributed by atoms with Gasteiger partial charge in [-0.15, -0.1) is 0 Å². The van der Waals surface area contributed by atoms with E-state index >= 15 is 0 Å². The Morgan fingerprint density at radius 1 is 0.412 bits per heavy atom. The average Bonchev–Trinajstić information content (AvgIpc) is 3.37. The van der Waals surface area contributed by atoms with E-state index in [0.29, 0.717) is 0 Å². The largest absolute Gasteiger partial charge is 0.0805 e. The van der Waals surface area contributed by atoms with Crippen molar-refractivity contribution in [3.8, 4) is 0 Å². The molecule has 0 unspecified atom stereocenters. The van der Waals surface area contributed by atoms with E-state index in [1.165, 1.54) is 186 Å². The Morgan fingerprint density at radius 3 is 0.971 bits per heavy atom. The van der Waals surface area contributed by atoms with Gasteiger partial charge in [0.2, 0.25) is 0 Å². The molecule has 0 aromatic carbocycles. The molecule has 0 saturated carbocycles. The Hall–Kier alpha value is -0.520. The van der Waals surface area contributed by atoms with E-state index in [1.807, 2.05) is 0 Å². The minimum absolute atomic E-state index is 1.18. The van der Waals surface area contributed by atoms with Crippen LogP contribution in [0.3, 0.4) is 0 Å². The summed E-state index contributed by atoms with van der Waals surface area (Å²) in [6, 6.07) is 0. The van der Waals surface area contributed by atoms with Crippen LogP contribution in [0.25, 0.3) is 0 Å². The topological polar surface area (TPSA) is 0 Å². The molecule has 0 radical (unpaired) electrons. The van der Waals surface area contributed by atoms with Crippen LogP contribution in [-0.4, -0.2) is 0 Å². The van der Waals surface area contributed by atoms with Gasteiger partial charge < -0.3 is 0 Å². The first-order valence-electron chi connectivity index (χ1n) is 16.3. The molecule has 0 atom stereocenters. The SMILES string of the molecule is CCCCCCCCCCCCCCCCCCCCCCCCCCCCCC1=CCC=C1. The zero-order valence-electron chi connectivity index (χ0n) is 23.7. The fourth-order valence-corrected chi connectivity index (χ4v) is 5.51. The number of hydrogen-bond acceptors (Lipinski definition) is 0. The zero-order chi connectivity index (χ0) is 24.2. The van der Waals surface area contributed by atoms with Crippen molar-refractivity contribution in [2.75, 3.05) is 0 Å². The normalized spacial score (nSPS) is 13.1.